The number of furan rings is 1. The summed E-state index contributed by atoms with van der Waals surface area (Å²) in [6, 6.07) is 6.87. The van der Waals surface area contributed by atoms with Crippen LogP contribution in [0.25, 0.3) is 0 Å². The SMILES string of the molecule is Cc1ccccc1S(=O)[O-].Cc1cocc1S(=O)[O-].Cc1n[nH]nc1S(=O)[O-].Cc1ncn(S(=O)[O-])c1C. The maximum Gasteiger partial charge on any atom is 0.158 e. The van der Waals surface area contributed by atoms with Crippen molar-refractivity contribution in [1.29, 1.82) is 0 Å². The highest BCUT2D eigenvalue weighted by molar-refractivity contribution is 7.79. The highest BCUT2D eigenvalue weighted by atomic mass is 32.2. The van der Waals surface area contributed by atoms with Gasteiger partial charge in [-0.1, -0.05) is 18.2 Å². The molecule has 38 heavy (non-hydrogen) atoms. The molecule has 0 amide bonds. The highest BCUT2D eigenvalue weighted by Gasteiger charge is 2.01. The Bertz CT molecular complexity index is 1370. The zero-order valence-corrected chi connectivity index (χ0v) is 23.9. The molecule has 1 aromatic carbocycles. The van der Waals surface area contributed by atoms with Gasteiger partial charge in [-0.15, -0.1) is 5.10 Å². The molecule has 3 aromatic heterocycles. The first-order valence-corrected chi connectivity index (χ1v) is 14.4. The summed E-state index contributed by atoms with van der Waals surface area (Å²) in [4.78, 5) is 4.42. The van der Waals surface area contributed by atoms with Crippen LogP contribution in [-0.4, -0.2) is 59.4 Å². The quantitative estimate of drug-likeness (QED) is 0.326. The van der Waals surface area contributed by atoms with Crippen molar-refractivity contribution in [2.75, 3.05) is 0 Å². The van der Waals surface area contributed by atoms with E-state index in [0.717, 1.165) is 15.2 Å². The van der Waals surface area contributed by atoms with Crippen LogP contribution < -0.4 is 0 Å². The van der Waals surface area contributed by atoms with Crippen LogP contribution in [0.3, 0.4) is 0 Å². The molecule has 0 aliphatic heterocycles. The number of nitrogens with one attached hydrogen (secondary N) is 1. The van der Waals surface area contributed by atoms with Gasteiger partial charge in [0.05, 0.1) is 39.5 Å². The van der Waals surface area contributed by atoms with E-state index in [4.69, 9.17) is 0 Å². The summed E-state index contributed by atoms with van der Waals surface area (Å²) < 4.78 is 88.0. The molecule has 4 unspecified atom stereocenters. The van der Waals surface area contributed by atoms with Crippen molar-refractivity contribution in [3.63, 3.8) is 0 Å². The van der Waals surface area contributed by atoms with Gasteiger partial charge in [-0.3, -0.25) is 20.8 Å². The van der Waals surface area contributed by atoms with Gasteiger partial charge >= 0.3 is 0 Å². The minimum absolute atomic E-state index is 0.0185. The number of imidazole rings is 1. The number of aryl methyl sites for hydroxylation is 4. The molecular formula is C20H23N5O9S4-4. The van der Waals surface area contributed by atoms with E-state index >= 15 is 0 Å². The molecule has 0 radical (unpaired) electrons. The Labute approximate surface area is 228 Å². The zero-order valence-electron chi connectivity index (χ0n) is 20.6. The lowest BCUT2D eigenvalue weighted by atomic mass is 10.2. The van der Waals surface area contributed by atoms with Crippen molar-refractivity contribution in [3.8, 4) is 0 Å². The van der Waals surface area contributed by atoms with Crippen molar-refractivity contribution in [3.05, 3.63) is 71.3 Å². The topological polar surface area (TPSA) is 233 Å². The van der Waals surface area contributed by atoms with Crippen LogP contribution >= 0.6 is 0 Å². The average molecular weight is 606 g/mol. The summed E-state index contributed by atoms with van der Waals surface area (Å²) in [5, 5.41) is 9.04. The first-order valence-electron chi connectivity index (χ1n) is 10.1. The zero-order chi connectivity index (χ0) is 29.0. The van der Waals surface area contributed by atoms with Crippen LogP contribution in [0.15, 0.2) is 62.4 Å². The molecule has 0 bridgehead atoms. The second kappa shape index (κ2) is 16.3. The molecule has 0 spiro atoms. The Morgan fingerprint density at radius 2 is 1.37 bits per heavy atom. The smallest absolute Gasteiger partial charge is 0.158 e. The van der Waals surface area contributed by atoms with Gasteiger partial charge in [-0.25, -0.2) is 4.98 Å². The lowest BCUT2D eigenvalue weighted by Gasteiger charge is -2.06. The molecule has 0 saturated carbocycles. The Hall–Kier alpha value is -2.71. The van der Waals surface area contributed by atoms with Crippen LogP contribution in [-0.2, 0) is 44.5 Å². The third kappa shape index (κ3) is 10.6. The van der Waals surface area contributed by atoms with Crippen LogP contribution in [0.5, 0.6) is 0 Å². The summed E-state index contributed by atoms with van der Waals surface area (Å²) in [6.45, 7) is 8.48. The second-order valence-corrected chi connectivity index (χ2v) is 10.6. The molecule has 18 heteroatoms. The van der Waals surface area contributed by atoms with Gasteiger partial charge < -0.3 is 22.6 Å². The lowest BCUT2D eigenvalue weighted by Crippen LogP contribution is -2.03. The molecule has 4 atom stereocenters. The Kier molecular flexibility index (Phi) is 14.3. The molecule has 0 aliphatic rings. The monoisotopic (exact) mass is 605 g/mol. The van der Waals surface area contributed by atoms with Crippen LogP contribution in [0.1, 0.15) is 28.2 Å². The molecule has 0 saturated heterocycles. The standard InChI is InChI=1S/C7H8O2S.C5H8N2O2S.C5H6O3S.C3H5N3O2S/c1-6-4-2-3-5-7(6)10(8)9;1-4-5(2)7(3-6-4)10(8)9;1-4-2-8-3-5(4)9(6)7;1-2-3(9(7)8)5-6-4-2/h2-5H,1H3,(H,8,9);3H,1-2H3,(H,8,9);2-3H,1H3,(H,6,7);1H3,(H,7,8)(H,4,5,6)/p-4. The van der Waals surface area contributed by atoms with Gasteiger partial charge in [0.15, 0.2) is 5.03 Å². The Morgan fingerprint density at radius 1 is 0.763 bits per heavy atom. The van der Waals surface area contributed by atoms with Crippen molar-refractivity contribution < 1.29 is 39.5 Å². The number of hydrogen-bond donors (Lipinski definition) is 1. The molecule has 3 heterocycles. The van der Waals surface area contributed by atoms with E-state index in [-0.39, 0.29) is 9.92 Å². The summed E-state index contributed by atoms with van der Waals surface area (Å²) in [5.41, 5.74) is 3.22. The van der Waals surface area contributed by atoms with Gasteiger partial charge in [0.1, 0.15) is 12.6 Å². The number of hydrogen-bond acceptors (Lipinski definition) is 12. The maximum atomic E-state index is 10.4. The van der Waals surface area contributed by atoms with Crippen LogP contribution in [0.4, 0.5) is 0 Å². The fourth-order valence-corrected chi connectivity index (χ4v) is 4.17. The van der Waals surface area contributed by atoms with Crippen LogP contribution in [0.2, 0.25) is 0 Å². The van der Waals surface area contributed by atoms with E-state index in [1.807, 2.05) is 6.07 Å². The maximum absolute atomic E-state index is 10.4. The average Bonchev–Trinajstić information content (AvgIpc) is 3.56. The normalized spacial score (nSPS) is 13.4. The van der Waals surface area contributed by atoms with E-state index in [1.54, 1.807) is 52.8 Å². The Balaban J connectivity index is 0.000000254. The molecule has 4 rings (SSSR count). The number of benzene rings is 1. The van der Waals surface area contributed by atoms with E-state index in [0.29, 0.717) is 21.8 Å². The molecule has 210 valence electrons. The number of aromatic amines is 1. The summed E-state index contributed by atoms with van der Waals surface area (Å²) in [7, 11) is 0. The van der Waals surface area contributed by atoms with Gasteiger partial charge in [-0.2, -0.15) is 10.3 Å². The number of rotatable bonds is 4. The van der Waals surface area contributed by atoms with Gasteiger partial charge in [0.2, 0.25) is 0 Å². The summed E-state index contributed by atoms with van der Waals surface area (Å²) >= 11 is -8.72. The fourth-order valence-electron chi connectivity index (χ4n) is 2.32. The van der Waals surface area contributed by atoms with E-state index < -0.39 is 44.5 Å². The predicted molar refractivity (Wildman–Crippen MR) is 133 cm³/mol. The largest absolute Gasteiger partial charge is 0.768 e. The van der Waals surface area contributed by atoms with Gasteiger partial charge in [-0.05, 0) is 68.4 Å². The predicted octanol–water partition coefficient (Wildman–Crippen LogP) is 1.55. The van der Waals surface area contributed by atoms with Crippen molar-refractivity contribution in [2.24, 2.45) is 0 Å². The van der Waals surface area contributed by atoms with Crippen molar-refractivity contribution in [2.45, 2.75) is 49.4 Å². The number of H-pyrrole nitrogens is 1. The molecule has 14 nitrogen and oxygen atoms in total. The van der Waals surface area contributed by atoms with Crippen molar-refractivity contribution in [1.82, 2.24) is 24.4 Å². The van der Waals surface area contributed by atoms with Crippen LogP contribution in [0, 0.1) is 34.6 Å². The van der Waals surface area contributed by atoms with E-state index in [2.05, 4.69) is 24.8 Å². The van der Waals surface area contributed by atoms with Gasteiger partial charge in [0, 0.05) is 21.5 Å². The fraction of sp³-hybridized carbons (Fsp3) is 0.250. The minimum atomic E-state index is -2.26. The first kappa shape index (κ1) is 33.3. The van der Waals surface area contributed by atoms with E-state index in [1.165, 1.54) is 18.9 Å². The number of aromatic nitrogens is 5. The third-order valence-corrected chi connectivity index (χ3v) is 7.46. The summed E-state index contributed by atoms with van der Waals surface area (Å²) in [5.74, 6) is 0. The molecule has 0 fully saturated rings. The summed E-state index contributed by atoms with van der Waals surface area (Å²) in [6.07, 6.45) is 3.89. The Morgan fingerprint density at radius 3 is 1.63 bits per heavy atom. The number of nitrogens with zero attached hydrogens (tertiary/aromatic N) is 4. The third-order valence-electron chi connectivity index (χ3n) is 4.47. The lowest BCUT2D eigenvalue weighted by molar-refractivity contribution is 0.526. The molecule has 0 aliphatic carbocycles. The molecule has 4 aromatic rings. The van der Waals surface area contributed by atoms with Crippen molar-refractivity contribution >= 4 is 44.5 Å². The minimum Gasteiger partial charge on any atom is -0.768 e. The molecule has 1 N–H and O–H groups in total. The second-order valence-electron chi connectivity index (χ2n) is 7.06. The van der Waals surface area contributed by atoms with E-state index in [9.17, 15) is 35.0 Å². The van der Waals surface area contributed by atoms with Gasteiger partial charge in [0.25, 0.3) is 0 Å². The molecular weight excluding hydrogens is 583 g/mol. The first-order chi connectivity index (χ1) is 17.8. The highest BCUT2D eigenvalue weighted by Crippen LogP contribution is 2.11.